The first-order valence-corrected chi connectivity index (χ1v) is 11.4. The fraction of sp³-hybridized carbons (Fsp3) is 0.300. The van der Waals surface area contributed by atoms with Gasteiger partial charge in [-0.05, 0) is 38.1 Å². The summed E-state index contributed by atoms with van der Waals surface area (Å²) in [5.74, 6) is -0.00602. The molecule has 0 bridgehead atoms. The van der Waals surface area contributed by atoms with E-state index in [0.717, 1.165) is 15.8 Å². The van der Waals surface area contributed by atoms with Crippen LogP contribution in [0.2, 0.25) is 0 Å². The number of aryl methyl sites for hydroxylation is 2. The monoisotopic (exact) mass is 418 g/mol. The van der Waals surface area contributed by atoms with E-state index in [-0.39, 0.29) is 17.1 Å². The van der Waals surface area contributed by atoms with Gasteiger partial charge in [0.25, 0.3) is 0 Å². The zero-order valence-corrected chi connectivity index (χ0v) is 17.6. The number of methoxy groups -OCH3 is 1. The third-order valence-corrected chi connectivity index (χ3v) is 7.16. The minimum absolute atomic E-state index is 0.161. The molecule has 0 unspecified atom stereocenters. The Hall–Kier alpha value is -2.45. The van der Waals surface area contributed by atoms with E-state index in [9.17, 15) is 13.2 Å². The number of rotatable bonds is 6. The normalized spacial score (nSPS) is 12.5. The van der Waals surface area contributed by atoms with Crippen LogP contribution in [0.25, 0.3) is 10.2 Å². The number of ether oxygens (including phenoxy) is 1. The number of sulfone groups is 1. The first-order chi connectivity index (χ1) is 13.4. The maximum absolute atomic E-state index is 12.4. The molecule has 1 aromatic heterocycles. The smallest absolute Gasteiger partial charge is 0.249 e. The predicted molar refractivity (Wildman–Crippen MR) is 110 cm³/mol. The first kappa shape index (κ1) is 20.3. The van der Waals surface area contributed by atoms with Gasteiger partial charge in [-0.15, -0.1) is 0 Å². The lowest BCUT2D eigenvalue weighted by Gasteiger charge is -2.05. The van der Waals surface area contributed by atoms with E-state index in [1.165, 1.54) is 11.3 Å². The molecule has 2 aromatic carbocycles. The largest absolute Gasteiger partial charge is 0.495 e. The van der Waals surface area contributed by atoms with E-state index >= 15 is 0 Å². The molecule has 0 N–H and O–H groups in total. The quantitative estimate of drug-likeness (QED) is 0.615. The molecule has 0 spiro atoms. The van der Waals surface area contributed by atoms with Gasteiger partial charge in [0.1, 0.15) is 11.3 Å². The summed E-state index contributed by atoms with van der Waals surface area (Å²) in [4.78, 5) is 17.3. The number of fused-ring (bicyclic) bond motifs is 1. The number of carbonyl (C=O) groups is 1. The first-order valence-electron chi connectivity index (χ1n) is 8.89. The number of benzene rings is 2. The number of hydrogen-bond donors (Lipinski definition) is 0. The maximum Gasteiger partial charge on any atom is 0.249 e. The van der Waals surface area contributed by atoms with Crippen LogP contribution in [0.15, 0.2) is 52.4 Å². The van der Waals surface area contributed by atoms with Gasteiger partial charge in [-0.3, -0.25) is 4.79 Å². The van der Waals surface area contributed by atoms with Crippen LogP contribution in [-0.2, 0) is 21.2 Å². The van der Waals surface area contributed by atoms with E-state index in [2.05, 4.69) is 4.99 Å². The van der Waals surface area contributed by atoms with Gasteiger partial charge < -0.3 is 9.30 Å². The van der Waals surface area contributed by atoms with Gasteiger partial charge in [0.05, 0.1) is 22.5 Å². The Morgan fingerprint density at radius 1 is 1.18 bits per heavy atom. The number of hydrogen-bond acceptors (Lipinski definition) is 5. The van der Waals surface area contributed by atoms with Gasteiger partial charge >= 0.3 is 0 Å². The van der Waals surface area contributed by atoms with Gasteiger partial charge in [-0.1, -0.05) is 35.1 Å². The molecule has 0 aliphatic carbocycles. The van der Waals surface area contributed by atoms with E-state index < -0.39 is 15.7 Å². The molecule has 0 fully saturated rings. The summed E-state index contributed by atoms with van der Waals surface area (Å²) < 4.78 is 33.2. The van der Waals surface area contributed by atoms with Crippen molar-refractivity contribution in [3.63, 3.8) is 0 Å². The van der Waals surface area contributed by atoms with Crippen LogP contribution in [0.4, 0.5) is 0 Å². The Balaban J connectivity index is 1.86. The Morgan fingerprint density at radius 2 is 1.89 bits per heavy atom. The number of amides is 1. The predicted octanol–water partition coefficient (Wildman–Crippen LogP) is 3.33. The standard InChI is InChI=1S/C20H22N2O4S2/c1-4-22-19-16(26-3)6-5-7-17(19)27-20(22)21-18(23)12-13-28(24,25)15-10-8-14(2)9-11-15/h5-11H,4,12-13H2,1-3H3. The lowest BCUT2D eigenvalue weighted by Crippen LogP contribution is -2.17. The number of thiazole rings is 1. The molecule has 0 radical (unpaired) electrons. The van der Waals surface area contributed by atoms with Crippen LogP contribution in [0.3, 0.4) is 0 Å². The van der Waals surface area contributed by atoms with Crippen LogP contribution in [0.1, 0.15) is 18.9 Å². The summed E-state index contributed by atoms with van der Waals surface area (Å²) in [6.45, 7) is 4.47. The van der Waals surface area contributed by atoms with Gasteiger partial charge in [-0.2, -0.15) is 4.99 Å². The van der Waals surface area contributed by atoms with Gasteiger partial charge in [-0.25, -0.2) is 8.42 Å². The van der Waals surface area contributed by atoms with E-state index in [1.54, 1.807) is 31.4 Å². The topological polar surface area (TPSA) is 77.7 Å². The van der Waals surface area contributed by atoms with Crippen molar-refractivity contribution in [1.82, 2.24) is 4.57 Å². The molecule has 6 nitrogen and oxygen atoms in total. The zero-order valence-electron chi connectivity index (χ0n) is 16.0. The van der Waals surface area contributed by atoms with E-state index in [0.29, 0.717) is 17.1 Å². The second kappa shape index (κ2) is 8.28. The molecular formula is C20H22N2O4S2. The van der Waals surface area contributed by atoms with Crippen molar-refractivity contribution in [2.75, 3.05) is 12.9 Å². The summed E-state index contributed by atoms with van der Waals surface area (Å²) in [6, 6.07) is 12.3. The zero-order chi connectivity index (χ0) is 20.3. The van der Waals surface area contributed by atoms with Crippen molar-refractivity contribution in [1.29, 1.82) is 0 Å². The second-order valence-corrected chi connectivity index (χ2v) is 9.44. The number of aromatic nitrogens is 1. The summed E-state index contributed by atoms with van der Waals surface area (Å²) in [5, 5.41) is 0. The van der Waals surface area contributed by atoms with Crippen molar-refractivity contribution in [2.45, 2.75) is 31.7 Å². The molecule has 3 rings (SSSR count). The Morgan fingerprint density at radius 3 is 2.54 bits per heavy atom. The Labute approximate surface area is 168 Å². The molecule has 3 aromatic rings. The van der Waals surface area contributed by atoms with Crippen molar-refractivity contribution in [3.05, 3.63) is 52.8 Å². The lowest BCUT2D eigenvalue weighted by molar-refractivity contribution is -0.117. The highest BCUT2D eigenvalue weighted by molar-refractivity contribution is 7.91. The molecule has 28 heavy (non-hydrogen) atoms. The van der Waals surface area contributed by atoms with Crippen LogP contribution >= 0.6 is 11.3 Å². The number of nitrogens with zero attached hydrogens (tertiary/aromatic N) is 2. The second-order valence-electron chi connectivity index (χ2n) is 6.32. The average molecular weight is 419 g/mol. The van der Waals surface area contributed by atoms with Crippen molar-refractivity contribution in [2.24, 2.45) is 4.99 Å². The third kappa shape index (κ3) is 4.18. The van der Waals surface area contributed by atoms with Gasteiger partial charge in [0, 0.05) is 13.0 Å². The summed E-state index contributed by atoms with van der Waals surface area (Å²) >= 11 is 1.38. The highest BCUT2D eigenvalue weighted by atomic mass is 32.2. The summed E-state index contributed by atoms with van der Waals surface area (Å²) in [7, 11) is -1.92. The molecule has 0 atom stereocenters. The summed E-state index contributed by atoms with van der Waals surface area (Å²) in [6.07, 6.45) is -0.161. The highest BCUT2D eigenvalue weighted by Crippen LogP contribution is 2.27. The van der Waals surface area contributed by atoms with Crippen molar-refractivity contribution in [3.8, 4) is 5.75 Å². The molecular weight excluding hydrogens is 396 g/mol. The molecule has 1 heterocycles. The van der Waals surface area contributed by atoms with E-state index in [4.69, 9.17) is 4.74 Å². The molecule has 1 amide bonds. The molecule has 8 heteroatoms. The van der Waals surface area contributed by atoms with Crippen LogP contribution in [0, 0.1) is 6.92 Å². The lowest BCUT2D eigenvalue weighted by atomic mass is 10.2. The fourth-order valence-electron chi connectivity index (χ4n) is 2.89. The van der Waals surface area contributed by atoms with Gasteiger partial charge in [0.2, 0.25) is 5.91 Å². The molecule has 0 saturated heterocycles. The average Bonchev–Trinajstić information content (AvgIpc) is 3.03. The molecule has 0 aliphatic heterocycles. The van der Waals surface area contributed by atoms with Gasteiger partial charge in [0.15, 0.2) is 14.6 Å². The van der Waals surface area contributed by atoms with Crippen LogP contribution < -0.4 is 9.54 Å². The fourth-order valence-corrected chi connectivity index (χ4v) is 5.25. The van der Waals surface area contributed by atoms with Crippen LogP contribution in [0.5, 0.6) is 5.75 Å². The number of para-hydroxylation sites is 1. The molecule has 0 aliphatic rings. The minimum Gasteiger partial charge on any atom is -0.495 e. The molecule has 148 valence electrons. The van der Waals surface area contributed by atoms with E-state index in [1.807, 2.05) is 36.6 Å². The van der Waals surface area contributed by atoms with Crippen LogP contribution in [-0.4, -0.2) is 31.8 Å². The maximum atomic E-state index is 12.4. The Kier molecular flexibility index (Phi) is 6.00. The third-order valence-electron chi connectivity index (χ3n) is 4.39. The Bertz CT molecular complexity index is 1170. The SMILES string of the molecule is CCn1c(=NC(=O)CCS(=O)(=O)c2ccc(C)cc2)sc2cccc(OC)c21. The van der Waals surface area contributed by atoms with Crippen molar-refractivity contribution < 1.29 is 17.9 Å². The molecule has 0 saturated carbocycles. The van der Waals surface area contributed by atoms with Crippen molar-refractivity contribution >= 4 is 37.3 Å². The minimum atomic E-state index is -3.52. The highest BCUT2D eigenvalue weighted by Gasteiger charge is 2.17. The number of carbonyl (C=O) groups excluding carboxylic acids is 1. The summed E-state index contributed by atoms with van der Waals surface area (Å²) in [5.41, 5.74) is 1.87.